The third kappa shape index (κ3) is 3.29. The van der Waals surface area contributed by atoms with E-state index >= 15 is 0 Å². The lowest BCUT2D eigenvalue weighted by atomic mass is 10.1. The Hall–Kier alpha value is -2.15. The summed E-state index contributed by atoms with van der Waals surface area (Å²) >= 11 is 7.45. The molecule has 0 spiro atoms. The van der Waals surface area contributed by atoms with Gasteiger partial charge in [0.05, 0.1) is 11.3 Å². The predicted octanol–water partition coefficient (Wildman–Crippen LogP) is 3.32. The fourth-order valence-electron chi connectivity index (χ4n) is 3.57. The molecule has 140 valence electrons. The van der Waals surface area contributed by atoms with Crippen molar-refractivity contribution in [2.45, 2.75) is 6.92 Å². The summed E-state index contributed by atoms with van der Waals surface area (Å²) in [4.78, 5) is 33.1. The van der Waals surface area contributed by atoms with Gasteiger partial charge in [-0.05, 0) is 42.3 Å². The van der Waals surface area contributed by atoms with Gasteiger partial charge < -0.3 is 9.80 Å². The number of hydrogen-bond donors (Lipinski definition) is 0. The Morgan fingerprint density at radius 1 is 1.00 bits per heavy atom. The molecule has 1 aromatic carbocycles. The molecule has 0 saturated carbocycles. The van der Waals surface area contributed by atoms with Crippen molar-refractivity contribution in [3.8, 4) is 0 Å². The summed E-state index contributed by atoms with van der Waals surface area (Å²) < 4.78 is 0. The largest absolute Gasteiger partial charge is 0.364 e. The van der Waals surface area contributed by atoms with Crippen LogP contribution < -0.4 is 4.90 Å². The molecule has 27 heavy (non-hydrogen) atoms. The minimum atomic E-state index is -0.266. The number of piperazine rings is 1. The molecule has 1 saturated heterocycles. The molecule has 0 bridgehead atoms. The molecule has 1 aromatic heterocycles. The third-order valence-electron chi connectivity index (χ3n) is 5.05. The number of rotatable bonds is 4. The summed E-state index contributed by atoms with van der Waals surface area (Å²) in [6.45, 7) is 6.39. The fourth-order valence-corrected chi connectivity index (χ4v) is 4.46. The topological polar surface area (TPSA) is 43.9 Å². The second-order valence-electron chi connectivity index (χ2n) is 6.54. The highest BCUT2D eigenvalue weighted by molar-refractivity contribution is 7.11. The van der Waals surface area contributed by atoms with E-state index in [2.05, 4.69) is 16.7 Å². The standard InChI is InChI=1S/C20H20ClN3O2S/c1-2-22-9-11-23(12-10-22)18-17(16-4-3-13-27-16)19(25)24(20(18)26)15-7-5-14(21)6-8-15/h3-8,13H,2,9-12H2,1H3. The van der Waals surface area contributed by atoms with Crippen molar-refractivity contribution in [1.29, 1.82) is 0 Å². The van der Waals surface area contributed by atoms with Gasteiger partial charge in [0, 0.05) is 36.1 Å². The third-order valence-corrected chi connectivity index (χ3v) is 6.19. The lowest BCUT2D eigenvalue weighted by Crippen LogP contribution is -2.47. The highest BCUT2D eigenvalue weighted by atomic mass is 35.5. The Balaban J connectivity index is 1.73. The Morgan fingerprint density at radius 2 is 1.70 bits per heavy atom. The number of thiophene rings is 1. The molecule has 2 aliphatic heterocycles. The predicted molar refractivity (Wildman–Crippen MR) is 109 cm³/mol. The SMILES string of the molecule is CCN1CCN(C2=C(c3cccs3)C(=O)N(c3ccc(Cl)cc3)C2=O)CC1. The van der Waals surface area contributed by atoms with E-state index in [0.717, 1.165) is 37.6 Å². The van der Waals surface area contributed by atoms with Gasteiger partial charge >= 0.3 is 0 Å². The normalized spacial score (nSPS) is 18.7. The first-order chi connectivity index (χ1) is 13.1. The molecule has 1 fully saturated rings. The molecule has 5 nitrogen and oxygen atoms in total. The average molecular weight is 402 g/mol. The minimum Gasteiger partial charge on any atom is -0.364 e. The van der Waals surface area contributed by atoms with Gasteiger partial charge in [0.25, 0.3) is 11.8 Å². The van der Waals surface area contributed by atoms with Crippen molar-refractivity contribution >= 4 is 46.0 Å². The van der Waals surface area contributed by atoms with Crippen molar-refractivity contribution in [3.63, 3.8) is 0 Å². The smallest absolute Gasteiger partial charge is 0.282 e. The number of imide groups is 1. The van der Waals surface area contributed by atoms with E-state index < -0.39 is 0 Å². The highest BCUT2D eigenvalue weighted by Crippen LogP contribution is 2.37. The second-order valence-corrected chi connectivity index (χ2v) is 7.93. The molecule has 0 atom stereocenters. The summed E-state index contributed by atoms with van der Waals surface area (Å²) in [5, 5.41) is 2.50. The van der Waals surface area contributed by atoms with E-state index in [-0.39, 0.29) is 11.8 Å². The number of anilines is 1. The van der Waals surface area contributed by atoms with Gasteiger partial charge in [-0.3, -0.25) is 9.59 Å². The maximum Gasteiger partial charge on any atom is 0.282 e. The van der Waals surface area contributed by atoms with Crippen LogP contribution in [0.5, 0.6) is 0 Å². The zero-order valence-electron chi connectivity index (χ0n) is 15.0. The number of carbonyl (C=O) groups excluding carboxylic acids is 2. The molecule has 2 aromatic rings. The monoisotopic (exact) mass is 401 g/mol. The molecular weight excluding hydrogens is 382 g/mol. The molecule has 0 unspecified atom stereocenters. The highest BCUT2D eigenvalue weighted by Gasteiger charge is 2.43. The summed E-state index contributed by atoms with van der Waals surface area (Å²) in [7, 11) is 0. The van der Waals surface area contributed by atoms with Crippen molar-refractivity contribution in [2.75, 3.05) is 37.6 Å². The molecular formula is C20H20ClN3O2S. The van der Waals surface area contributed by atoms with E-state index in [4.69, 9.17) is 11.6 Å². The zero-order valence-corrected chi connectivity index (χ0v) is 16.6. The Labute approximate surface area is 167 Å². The molecule has 7 heteroatoms. The van der Waals surface area contributed by atoms with E-state index in [1.54, 1.807) is 24.3 Å². The van der Waals surface area contributed by atoms with Crippen molar-refractivity contribution in [1.82, 2.24) is 9.80 Å². The van der Waals surface area contributed by atoms with E-state index in [1.807, 2.05) is 17.5 Å². The molecule has 4 rings (SSSR count). The van der Waals surface area contributed by atoms with Crippen LogP contribution in [0.3, 0.4) is 0 Å². The summed E-state index contributed by atoms with van der Waals surface area (Å²) in [6.07, 6.45) is 0. The summed E-state index contributed by atoms with van der Waals surface area (Å²) in [6, 6.07) is 10.6. The van der Waals surface area contributed by atoms with Crippen molar-refractivity contribution in [2.24, 2.45) is 0 Å². The van der Waals surface area contributed by atoms with Crippen LogP contribution in [0.2, 0.25) is 5.02 Å². The first-order valence-corrected chi connectivity index (χ1v) is 10.3. The first kappa shape index (κ1) is 18.2. The summed E-state index contributed by atoms with van der Waals surface area (Å²) in [5.41, 5.74) is 1.58. The lowest BCUT2D eigenvalue weighted by molar-refractivity contribution is -0.120. The molecule has 0 aliphatic carbocycles. The van der Waals surface area contributed by atoms with Crippen LogP contribution in [0.15, 0.2) is 47.5 Å². The van der Waals surface area contributed by atoms with Gasteiger partial charge in [0.15, 0.2) is 0 Å². The summed E-state index contributed by atoms with van der Waals surface area (Å²) in [5.74, 6) is -0.520. The zero-order chi connectivity index (χ0) is 19.0. The van der Waals surface area contributed by atoms with Crippen LogP contribution in [0.1, 0.15) is 11.8 Å². The quantitative estimate of drug-likeness (QED) is 0.737. The number of amides is 2. The Morgan fingerprint density at radius 3 is 2.30 bits per heavy atom. The lowest BCUT2D eigenvalue weighted by Gasteiger charge is -2.35. The van der Waals surface area contributed by atoms with Gasteiger partial charge in [-0.15, -0.1) is 11.3 Å². The van der Waals surface area contributed by atoms with Crippen LogP contribution in [-0.2, 0) is 9.59 Å². The van der Waals surface area contributed by atoms with Gasteiger partial charge in [-0.25, -0.2) is 4.90 Å². The molecule has 0 radical (unpaired) electrons. The number of nitrogens with zero attached hydrogens (tertiary/aromatic N) is 3. The Bertz CT molecular complexity index is 884. The van der Waals surface area contributed by atoms with E-state index in [9.17, 15) is 9.59 Å². The van der Waals surface area contributed by atoms with Crippen molar-refractivity contribution < 1.29 is 9.59 Å². The van der Waals surface area contributed by atoms with Gasteiger partial charge in [0.2, 0.25) is 0 Å². The number of hydrogen-bond acceptors (Lipinski definition) is 5. The van der Waals surface area contributed by atoms with Crippen LogP contribution in [0.4, 0.5) is 5.69 Å². The number of likely N-dealkylation sites (N-methyl/N-ethyl adjacent to an activating group) is 1. The van der Waals surface area contributed by atoms with Gasteiger partial charge in [-0.1, -0.05) is 24.6 Å². The van der Waals surface area contributed by atoms with E-state index in [1.165, 1.54) is 16.2 Å². The van der Waals surface area contributed by atoms with E-state index in [0.29, 0.717) is 22.0 Å². The number of halogens is 1. The van der Waals surface area contributed by atoms with Gasteiger partial charge in [0.1, 0.15) is 5.70 Å². The maximum atomic E-state index is 13.3. The van der Waals surface area contributed by atoms with Crippen LogP contribution >= 0.6 is 22.9 Å². The van der Waals surface area contributed by atoms with Crippen LogP contribution in [0.25, 0.3) is 5.57 Å². The van der Waals surface area contributed by atoms with Crippen LogP contribution in [0, 0.1) is 0 Å². The van der Waals surface area contributed by atoms with Crippen molar-refractivity contribution in [3.05, 3.63) is 57.4 Å². The minimum absolute atomic E-state index is 0.254. The first-order valence-electron chi connectivity index (χ1n) is 9.00. The molecule has 2 aliphatic rings. The Kier molecular flexibility index (Phi) is 5.04. The number of benzene rings is 1. The molecule has 3 heterocycles. The maximum absolute atomic E-state index is 13.3. The second kappa shape index (κ2) is 7.46. The fraction of sp³-hybridized carbons (Fsp3) is 0.300. The molecule has 2 amide bonds. The van der Waals surface area contributed by atoms with Gasteiger partial charge in [-0.2, -0.15) is 0 Å². The molecule has 0 N–H and O–H groups in total. The van der Waals surface area contributed by atoms with Crippen LogP contribution in [-0.4, -0.2) is 54.3 Å². The number of carbonyl (C=O) groups is 2. The average Bonchev–Trinajstić information content (AvgIpc) is 3.29.